The highest BCUT2D eigenvalue weighted by Gasteiger charge is 2.25. The van der Waals surface area contributed by atoms with Gasteiger partial charge in [-0.05, 0) is 56.5 Å². The predicted octanol–water partition coefficient (Wildman–Crippen LogP) is 4.11. The van der Waals surface area contributed by atoms with Crippen LogP contribution in [0.25, 0.3) is 0 Å². The Bertz CT molecular complexity index is 818. The van der Waals surface area contributed by atoms with Crippen molar-refractivity contribution in [3.05, 3.63) is 59.7 Å². The maximum atomic E-state index is 13.0. The van der Waals surface area contributed by atoms with Gasteiger partial charge in [0.15, 0.2) is 0 Å². The quantitative estimate of drug-likeness (QED) is 0.519. The van der Waals surface area contributed by atoms with Crippen LogP contribution in [0.5, 0.6) is 11.5 Å². The van der Waals surface area contributed by atoms with Crippen LogP contribution in [0.3, 0.4) is 0 Å². The number of carbonyl (C=O) groups excluding carboxylic acids is 2. The smallest absolute Gasteiger partial charge is 0.242 e. The third-order valence-corrected chi connectivity index (χ3v) is 5.05. The molecule has 2 aromatic carbocycles. The molecule has 6 heteroatoms. The lowest BCUT2D eigenvalue weighted by Gasteiger charge is -2.29. The first-order chi connectivity index (χ1) is 14.9. The molecule has 0 heterocycles. The summed E-state index contributed by atoms with van der Waals surface area (Å²) < 4.78 is 10.9. The van der Waals surface area contributed by atoms with Gasteiger partial charge in [0, 0.05) is 19.5 Å². The number of nitrogens with zero attached hydrogens (tertiary/aromatic N) is 1. The Morgan fingerprint density at radius 3 is 2.29 bits per heavy atom. The number of rotatable bonds is 12. The second-order valence-electron chi connectivity index (χ2n) is 7.60. The molecule has 1 N–H and O–H groups in total. The zero-order chi connectivity index (χ0) is 22.6. The largest absolute Gasteiger partial charge is 0.497 e. The standard InChI is InChI=1S/C25H34N2O4/c1-5-16-26-25(29)20(3)27(18-21-10-14-22(30-4)15-11-21)24(28)7-6-17-31-23-12-8-19(2)9-13-23/h8-15,20H,5-7,16-18H2,1-4H3,(H,26,29)/t20-/m1/s1. The van der Waals surface area contributed by atoms with Gasteiger partial charge in [-0.15, -0.1) is 0 Å². The van der Waals surface area contributed by atoms with Crippen LogP contribution in [0.15, 0.2) is 48.5 Å². The molecule has 0 aliphatic heterocycles. The van der Waals surface area contributed by atoms with E-state index in [1.165, 1.54) is 5.56 Å². The first-order valence-electron chi connectivity index (χ1n) is 10.8. The van der Waals surface area contributed by atoms with E-state index in [9.17, 15) is 9.59 Å². The van der Waals surface area contributed by atoms with Gasteiger partial charge in [-0.25, -0.2) is 0 Å². The number of carbonyl (C=O) groups is 2. The average molecular weight is 427 g/mol. The molecule has 2 rings (SSSR count). The van der Waals surface area contributed by atoms with Crippen LogP contribution < -0.4 is 14.8 Å². The molecule has 2 aromatic rings. The minimum atomic E-state index is -0.556. The molecule has 0 bridgehead atoms. The van der Waals surface area contributed by atoms with Gasteiger partial charge in [-0.3, -0.25) is 9.59 Å². The second-order valence-corrected chi connectivity index (χ2v) is 7.60. The molecule has 168 valence electrons. The minimum Gasteiger partial charge on any atom is -0.497 e. The summed E-state index contributed by atoms with van der Waals surface area (Å²) in [5.41, 5.74) is 2.12. The van der Waals surface area contributed by atoms with Gasteiger partial charge in [0.25, 0.3) is 0 Å². The molecule has 6 nitrogen and oxygen atoms in total. The average Bonchev–Trinajstić information content (AvgIpc) is 2.79. The van der Waals surface area contributed by atoms with Crippen LogP contribution in [-0.4, -0.2) is 43.0 Å². The molecule has 1 atom stereocenters. The molecule has 0 radical (unpaired) electrons. The fourth-order valence-electron chi connectivity index (χ4n) is 3.10. The van der Waals surface area contributed by atoms with Crippen LogP contribution in [0.1, 0.15) is 44.2 Å². The molecule has 0 aliphatic carbocycles. The number of aryl methyl sites for hydroxylation is 1. The van der Waals surface area contributed by atoms with E-state index in [2.05, 4.69) is 5.32 Å². The molecule has 0 saturated carbocycles. The molecule has 0 aromatic heterocycles. The van der Waals surface area contributed by atoms with E-state index >= 15 is 0 Å². The lowest BCUT2D eigenvalue weighted by atomic mass is 10.1. The molecular weight excluding hydrogens is 392 g/mol. The molecule has 2 amide bonds. The first-order valence-corrected chi connectivity index (χ1v) is 10.8. The molecular formula is C25H34N2O4. The van der Waals surface area contributed by atoms with Crippen molar-refractivity contribution in [3.63, 3.8) is 0 Å². The molecule has 0 aliphatic rings. The summed E-state index contributed by atoms with van der Waals surface area (Å²) in [5.74, 6) is 1.34. The van der Waals surface area contributed by atoms with Gasteiger partial charge in [0.1, 0.15) is 17.5 Å². The first kappa shape index (κ1) is 24.3. The number of methoxy groups -OCH3 is 1. The summed E-state index contributed by atoms with van der Waals surface area (Å²) in [4.78, 5) is 27.2. The van der Waals surface area contributed by atoms with E-state index < -0.39 is 6.04 Å². The maximum Gasteiger partial charge on any atom is 0.242 e. The van der Waals surface area contributed by atoms with Crippen molar-refractivity contribution in [2.24, 2.45) is 0 Å². The normalized spacial score (nSPS) is 11.5. The zero-order valence-corrected chi connectivity index (χ0v) is 19.0. The Morgan fingerprint density at radius 2 is 1.68 bits per heavy atom. The summed E-state index contributed by atoms with van der Waals surface area (Å²) in [6.07, 6.45) is 1.74. The van der Waals surface area contributed by atoms with Crippen LogP contribution in [0.4, 0.5) is 0 Å². The number of hydrogen-bond donors (Lipinski definition) is 1. The second kappa shape index (κ2) is 12.6. The van der Waals surface area contributed by atoms with E-state index in [1.54, 1.807) is 18.9 Å². The van der Waals surface area contributed by atoms with Gasteiger partial charge in [-0.2, -0.15) is 0 Å². The molecule has 0 saturated heterocycles. The Morgan fingerprint density at radius 1 is 1.03 bits per heavy atom. The Balaban J connectivity index is 1.98. The number of amides is 2. The van der Waals surface area contributed by atoms with Gasteiger partial charge in [0.05, 0.1) is 13.7 Å². The highest BCUT2D eigenvalue weighted by molar-refractivity contribution is 5.87. The number of hydrogen-bond acceptors (Lipinski definition) is 4. The van der Waals surface area contributed by atoms with Crippen molar-refractivity contribution in [2.45, 2.75) is 52.6 Å². The number of benzene rings is 2. The summed E-state index contributed by atoms with van der Waals surface area (Å²) in [6, 6.07) is 14.8. The van der Waals surface area contributed by atoms with Crippen molar-refractivity contribution >= 4 is 11.8 Å². The topological polar surface area (TPSA) is 67.9 Å². The zero-order valence-electron chi connectivity index (χ0n) is 19.0. The molecule has 0 spiro atoms. The molecule has 31 heavy (non-hydrogen) atoms. The van der Waals surface area contributed by atoms with Gasteiger partial charge in [-0.1, -0.05) is 36.8 Å². The van der Waals surface area contributed by atoms with E-state index in [0.717, 1.165) is 23.5 Å². The summed E-state index contributed by atoms with van der Waals surface area (Å²) in [7, 11) is 1.61. The Hall–Kier alpha value is -3.02. The summed E-state index contributed by atoms with van der Waals surface area (Å²) in [5, 5.41) is 2.89. The van der Waals surface area contributed by atoms with E-state index in [1.807, 2.05) is 62.4 Å². The van der Waals surface area contributed by atoms with Crippen molar-refractivity contribution in [1.82, 2.24) is 10.2 Å². The van der Waals surface area contributed by atoms with Crippen molar-refractivity contribution < 1.29 is 19.1 Å². The number of nitrogens with one attached hydrogen (secondary N) is 1. The molecule has 0 unspecified atom stereocenters. The van der Waals surface area contributed by atoms with Crippen LogP contribution >= 0.6 is 0 Å². The van der Waals surface area contributed by atoms with Gasteiger partial charge >= 0.3 is 0 Å². The lowest BCUT2D eigenvalue weighted by molar-refractivity contribution is -0.140. The highest BCUT2D eigenvalue weighted by Crippen LogP contribution is 2.16. The number of ether oxygens (including phenoxy) is 2. The van der Waals surface area contributed by atoms with Crippen LogP contribution in [-0.2, 0) is 16.1 Å². The summed E-state index contributed by atoms with van der Waals surface area (Å²) in [6.45, 7) is 7.20. The SMILES string of the molecule is CCCNC(=O)[C@@H](C)N(Cc1ccc(OC)cc1)C(=O)CCCOc1ccc(C)cc1. The van der Waals surface area contributed by atoms with E-state index in [-0.39, 0.29) is 11.8 Å². The lowest BCUT2D eigenvalue weighted by Crippen LogP contribution is -2.47. The monoisotopic (exact) mass is 426 g/mol. The Kier molecular flexibility index (Phi) is 9.88. The molecule has 0 fully saturated rings. The van der Waals surface area contributed by atoms with Crippen molar-refractivity contribution in [2.75, 3.05) is 20.3 Å². The van der Waals surface area contributed by atoms with Crippen LogP contribution in [0, 0.1) is 6.92 Å². The fraction of sp³-hybridized carbons (Fsp3) is 0.440. The van der Waals surface area contributed by atoms with E-state index in [0.29, 0.717) is 32.5 Å². The third-order valence-electron chi connectivity index (χ3n) is 5.05. The third kappa shape index (κ3) is 7.96. The van der Waals surface area contributed by atoms with Crippen LogP contribution in [0.2, 0.25) is 0 Å². The fourth-order valence-corrected chi connectivity index (χ4v) is 3.10. The summed E-state index contributed by atoms with van der Waals surface area (Å²) >= 11 is 0. The van der Waals surface area contributed by atoms with Crippen molar-refractivity contribution in [3.8, 4) is 11.5 Å². The highest BCUT2D eigenvalue weighted by atomic mass is 16.5. The van der Waals surface area contributed by atoms with Crippen molar-refractivity contribution in [1.29, 1.82) is 0 Å². The maximum absolute atomic E-state index is 13.0. The van der Waals surface area contributed by atoms with Gasteiger partial charge < -0.3 is 19.7 Å². The van der Waals surface area contributed by atoms with E-state index in [4.69, 9.17) is 9.47 Å². The Labute approximate surface area is 185 Å². The minimum absolute atomic E-state index is 0.0672. The van der Waals surface area contributed by atoms with Gasteiger partial charge in [0.2, 0.25) is 11.8 Å². The predicted molar refractivity (Wildman–Crippen MR) is 122 cm³/mol.